The molecule has 4 rings (SSSR count). The van der Waals surface area contributed by atoms with E-state index in [-0.39, 0.29) is 0 Å². The molecule has 0 fully saturated rings. The quantitative estimate of drug-likeness (QED) is 0.551. The van der Waals surface area contributed by atoms with Crippen LogP contribution in [0.3, 0.4) is 0 Å². The van der Waals surface area contributed by atoms with E-state index in [1.807, 2.05) is 12.3 Å². The zero-order chi connectivity index (χ0) is 16.5. The first-order chi connectivity index (χ1) is 11.7. The van der Waals surface area contributed by atoms with Crippen molar-refractivity contribution in [3.8, 4) is 11.1 Å². The number of halogens is 1. The molecule has 24 heavy (non-hydrogen) atoms. The van der Waals surface area contributed by atoms with E-state index in [4.69, 9.17) is 4.98 Å². The maximum atomic E-state index is 4.78. The van der Waals surface area contributed by atoms with Crippen molar-refractivity contribution in [2.45, 2.75) is 19.8 Å². The predicted octanol–water partition coefficient (Wildman–Crippen LogP) is 5.90. The summed E-state index contributed by atoms with van der Waals surface area (Å²) in [6, 6.07) is 19.2. The topological polar surface area (TPSA) is 16.1 Å². The Labute approximate surface area is 151 Å². The number of aryl methyl sites for hydroxylation is 2. The number of nitrogens with zero attached hydrogens (tertiary/aromatic N) is 2. The molecule has 0 N–H and O–H groups in total. The van der Waals surface area contributed by atoms with Crippen molar-refractivity contribution in [2.75, 3.05) is 11.4 Å². The number of hydrogen-bond acceptors (Lipinski definition) is 2. The lowest BCUT2D eigenvalue weighted by Crippen LogP contribution is -2.25. The molecule has 3 aromatic rings. The molecule has 3 heteroatoms. The smallest absolute Gasteiger partial charge is 0.133 e. The zero-order valence-electron chi connectivity index (χ0n) is 13.7. The molecular formula is C21H19BrN2. The molecule has 0 amide bonds. The van der Waals surface area contributed by atoms with Crippen LogP contribution < -0.4 is 4.90 Å². The Kier molecular flexibility index (Phi) is 4.11. The SMILES string of the molecule is Cc1cc(N2CCCc3ccc(Br)cc32)ncc1-c1ccccc1. The second-order valence-electron chi connectivity index (χ2n) is 6.25. The van der Waals surface area contributed by atoms with Gasteiger partial charge in [-0.15, -0.1) is 0 Å². The highest BCUT2D eigenvalue weighted by atomic mass is 79.9. The normalized spacial score (nSPS) is 13.7. The maximum absolute atomic E-state index is 4.78. The number of hydrogen-bond donors (Lipinski definition) is 0. The van der Waals surface area contributed by atoms with Crippen LogP contribution in [0.1, 0.15) is 17.5 Å². The average molecular weight is 379 g/mol. The van der Waals surface area contributed by atoms with Crippen molar-refractivity contribution >= 4 is 27.4 Å². The number of anilines is 2. The molecule has 0 unspecified atom stereocenters. The monoisotopic (exact) mass is 378 g/mol. The highest BCUT2D eigenvalue weighted by molar-refractivity contribution is 9.10. The van der Waals surface area contributed by atoms with Gasteiger partial charge in [-0.25, -0.2) is 4.98 Å². The summed E-state index contributed by atoms with van der Waals surface area (Å²) < 4.78 is 1.12. The summed E-state index contributed by atoms with van der Waals surface area (Å²) in [4.78, 5) is 7.12. The second kappa shape index (κ2) is 6.40. The lowest BCUT2D eigenvalue weighted by atomic mass is 10.0. The number of pyridine rings is 1. The van der Waals surface area contributed by atoms with Gasteiger partial charge in [0.25, 0.3) is 0 Å². The van der Waals surface area contributed by atoms with Crippen LogP contribution >= 0.6 is 15.9 Å². The Bertz CT molecular complexity index is 874. The summed E-state index contributed by atoms with van der Waals surface area (Å²) in [6.07, 6.45) is 4.31. The Morgan fingerprint density at radius 3 is 2.67 bits per heavy atom. The van der Waals surface area contributed by atoms with E-state index in [0.29, 0.717) is 0 Å². The highest BCUT2D eigenvalue weighted by Crippen LogP contribution is 2.35. The van der Waals surface area contributed by atoms with Crippen molar-refractivity contribution in [3.63, 3.8) is 0 Å². The minimum atomic E-state index is 1.01. The highest BCUT2D eigenvalue weighted by Gasteiger charge is 2.20. The fourth-order valence-electron chi connectivity index (χ4n) is 3.39. The third-order valence-electron chi connectivity index (χ3n) is 4.62. The van der Waals surface area contributed by atoms with E-state index < -0.39 is 0 Å². The van der Waals surface area contributed by atoms with E-state index in [9.17, 15) is 0 Å². The Balaban J connectivity index is 1.74. The molecule has 0 atom stereocenters. The van der Waals surface area contributed by atoms with Crippen molar-refractivity contribution in [2.24, 2.45) is 0 Å². The van der Waals surface area contributed by atoms with Gasteiger partial charge in [-0.05, 0) is 54.7 Å². The van der Waals surface area contributed by atoms with Gasteiger partial charge in [-0.1, -0.05) is 52.3 Å². The van der Waals surface area contributed by atoms with Crippen LogP contribution in [0.4, 0.5) is 11.5 Å². The Hall–Kier alpha value is -2.13. The lowest BCUT2D eigenvalue weighted by Gasteiger charge is -2.31. The second-order valence-corrected chi connectivity index (χ2v) is 7.17. The Morgan fingerprint density at radius 2 is 1.88 bits per heavy atom. The third-order valence-corrected chi connectivity index (χ3v) is 5.12. The standard InChI is InChI=1S/C21H19BrN2/c1-15-12-21(23-14-19(15)16-6-3-2-4-7-16)24-11-5-8-17-9-10-18(22)13-20(17)24/h2-4,6-7,9-10,12-14H,5,8,11H2,1H3. The largest absolute Gasteiger partial charge is 0.326 e. The molecule has 0 bridgehead atoms. The summed E-state index contributed by atoms with van der Waals surface area (Å²) in [6.45, 7) is 3.18. The average Bonchev–Trinajstić information content (AvgIpc) is 2.62. The van der Waals surface area contributed by atoms with E-state index >= 15 is 0 Å². The van der Waals surface area contributed by atoms with Crippen LogP contribution in [-0.2, 0) is 6.42 Å². The van der Waals surface area contributed by atoms with Crippen molar-refractivity contribution in [3.05, 3.63) is 76.4 Å². The van der Waals surface area contributed by atoms with Gasteiger partial charge in [0.15, 0.2) is 0 Å². The first-order valence-electron chi connectivity index (χ1n) is 8.30. The van der Waals surface area contributed by atoms with E-state index in [1.165, 1.54) is 27.9 Å². The van der Waals surface area contributed by atoms with Crippen molar-refractivity contribution < 1.29 is 0 Å². The van der Waals surface area contributed by atoms with Crippen LogP contribution in [0.2, 0.25) is 0 Å². The van der Waals surface area contributed by atoms with Gasteiger partial charge in [0, 0.05) is 28.5 Å². The Morgan fingerprint density at radius 1 is 1.04 bits per heavy atom. The molecule has 0 saturated carbocycles. The number of aromatic nitrogens is 1. The molecule has 1 aliphatic rings. The van der Waals surface area contributed by atoms with Gasteiger partial charge in [-0.2, -0.15) is 0 Å². The molecule has 120 valence electrons. The summed E-state index contributed by atoms with van der Waals surface area (Å²) in [7, 11) is 0. The third kappa shape index (κ3) is 2.84. The van der Waals surface area contributed by atoms with Crippen molar-refractivity contribution in [1.29, 1.82) is 0 Å². The summed E-state index contributed by atoms with van der Waals surface area (Å²) >= 11 is 3.60. The van der Waals surface area contributed by atoms with Gasteiger partial charge >= 0.3 is 0 Å². The fraction of sp³-hybridized carbons (Fsp3) is 0.190. The molecule has 2 nitrogen and oxygen atoms in total. The first kappa shape index (κ1) is 15.4. The molecule has 0 radical (unpaired) electrons. The number of fused-ring (bicyclic) bond motifs is 1. The van der Waals surface area contributed by atoms with Gasteiger partial charge < -0.3 is 4.90 Å². The van der Waals surface area contributed by atoms with Crippen LogP contribution in [-0.4, -0.2) is 11.5 Å². The van der Waals surface area contributed by atoms with Gasteiger partial charge in [0.2, 0.25) is 0 Å². The summed E-state index contributed by atoms with van der Waals surface area (Å²) in [5, 5.41) is 0. The first-order valence-corrected chi connectivity index (χ1v) is 9.10. The van der Waals surface area contributed by atoms with Crippen LogP contribution in [0.25, 0.3) is 11.1 Å². The molecule has 1 aromatic heterocycles. The van der Waals surface area contributed by atoms with Crippen LogP contribution in [0.15, 0.2) is 65.3 Å². The zero-order valence-corrected chi connectivity index (χ0v) is 15.3. The van der Waals surface area contributed by atoms with Crippen LogP contribution in [0.5, 0.6) is 0 Å². The lowest BCUT2D eigenvalue weighted by molar-refractivity contribution is 0.759. The summed E-state index contributed by atoms with van der Waals surface area (Å²) in [5.74, 6) is 1.03. The minimum Gasteiger partial charge on any atom is -0.326 e. The molecule has 0 saturated heterocycles. The van der Waals surface area contributed by atoms with Gasteiger partial charge in [0.05, 0.1) is 0 Å². The molecule has 0 aliphatic carbocycles. The van der Waals surface area contributed by atoms with Gasteiger partial charge in [0.1, 0.15) is 5.82 Å². The number of benzene rings is 2. The van der Waals surface area contributed by atoms with E-state index in [2.05, 4.69) is 76.3 Å². The van der Waals surface area contributed by atoms with Crippen LogP contribution in [0, 0.1) is 6.92 Å². The molecular weight excluding hydrogens is 360 g/mol. The molecule has 2 aromatic carbocycles. The molecule has 1 aliphatic heterocycles. The minimum absolute atomic E-state index is 1.01. The molecule has 2 heterocycles. The van der Waals surface area contributed by atoms with E-state index in [1.54, 1.807) is 0 Å². The maximum Gasteiger partial charge on any atom is 0.133 e. The van der Waals surface area contributed by atoms with Crippen molar-refractivity contribution in [1.82, 2.24) is 4.98 Å². The predicted molar refractivity (Wildman–Crippen MR) is 104 cm³/mol. The fourth-order valence-corrected chi connectivity index (χ4v) is 3.74. The van der Waals surface area contributed by atoms with E-state index in [0.717, 1.165) is 29.7 Å². The summed E-state index contributed by atoms with van der Waals surface area (Å²) in [5.41, 5.74) is 6.35. The molecule has 0 spiro atoms. The van der Waals surface area contributed by atoms with Gasteiger partial charge in [-0.3, -0.25) is 0 Å². The number of rotatable bonds is 2.